The summed E-state index contributed by atoms with van der Waals surface area (Å²) in [6, 6.07) is 5.84. The number of aromatic nitrogens is 3. The Labute approximate surface area is 114 Å². The first kappa shape index (κ1) is 11.9. The molecule has 3 rings (SSSR count). The molecule has 5 nitrogen and oxygen atoms in total. The number of nitrogens with one attached hydrogen (secondary N) is 1. The van der Waals surface area contributed by atoms with Crippen molar-refractivity contribution in [2.75, 3.05) is 12.4 Å². The lowest BCUT2D eigenvalue weighted by Crippen LogP contribution is -2.02. The zero-order valence-corrected chi connectivity index (χ0v) is 11.1. The van der Waals surface area contributed by atoms with Crippen LogP contribution >= 0.6 is 11.3 Å². The van der Waals surface area contributed by atoms with E-state index in [4.69, 9.17) is 4.74 Å². The number of rotatable bonds is 4. The van der Waals surface area contributed by atoms with Crippen molar-refractivity contribution in [3.63, 3.8) is 0 Å². The van der Waals surface area contributed by atoms with Crippen molar-refractivity contribution >= 4 is 27.4 Å². The molecule has 0 amide bonds. The average Bonchev–Trinajstić information content (AvgIpc) is 2.94. The summed E-state index contributed by atoms with van der Waals surface area (Å²) >= 11 is 1.63. The summed E-state index contributed by atoms with van der Waals surface area (Å²) in [7, 11) is 1.61. The maximum Gasteiger partial charge on any atom is 0.213 e. The molecule has 0 unspecified atom stereocenters. The minimum absolute atomic E-state index is 0.614. The Morgan fingerprint density at radius 2 is 2.21 bits per heavy atom. The SMILES string of the molecule is COc1cc(CNc2ncnc3ccsc23)ccn1. The summed E-state index contributed by atoms with van der Waals surface area (Å²) in [5.74, 6) is 1.47. The highest BCUT2D eigenvalue weighted by molar-refractivity contribution is 7.17. The van der Waals surface area contributed by atoms with E-state index in [1.807, 2.05) is 23.6 Å². The molecule has 0 fully saturated rings. The standard InChI is InChI=1S/C13H12N4OS/c1-18-11-6-9(2-4-14-11)7-15-13-12-10(3-5-19-12)16-8-17-13/h2-6,8H,7H2,1H3,(H,15,16,17). The molecule has 0 aromatic carbocycles. The van der Waals surface area contributed by atoms with Crippen LogP contribution in [0.3, 0.4) is 0 Å². The minimum atomic E-state index is 0.614. The molecular formula is C13H12N4OS. The van der Waals surface area contributed by atoms with Gasteiger partial charge in [0.2, 0.25) is 5.88 Å². The van der Waals surface area contributed by atoms with Gasteiger partial charge in [0.1, 0.15) is 12.1 Å². The highest BCUT2D eigenvalue weighted by Crippen LogP contribution is 2.25. The molecule has 1 N–H and O–H groups in total. The number of ether oxygens (including phenoxy) is 1. The molecule has 3 heterocycles. The van der Waals surface area contributed by atoms with E-state index in [2.05, 4.69) is 20.3 Å². The fourth-order valence-electron chi connectivity index (χ4n) is 1.77. The molecule has 0 radical (unpaired) electrons. The third kappa shape index (κ3) is 2.48. The van der Waals surface area contributed by atoms with E-state index in [1.54, 1.807) is 31.0 Å². The zero-order chi connectivity index (χ0) is 13.1. The predicted molar refractivity (Wildman–Crippen MR) is 75.5 cm³/mol. The first-order valence-electron chi connectivity index (χ1n) is 5.78. The molecule has 0 spiro atoms. The fourth-order valence-corrected chi connectivity index (χ4v) is 2.58. The first-order valence-corrected chi connectivity index (χ1v) is 6.66. The molecule has 6 heteroatoms. The van der Waals surface area contributed by atoms with Gasteiger partial charge in [0.15, 0.2) is 0 Å². The van der Waals surface area contributed by atoms with E-state index in [0.717, 1.165) is 21.6 Å². The molecule has 0 aliphatic carbocycles. The fraction of sp³-hybridized carbons (Fsp3) is 0.154. The number of pyridine rings is 1. The van der Waals surface area contributed by atoms with Gasteiger partial charge in [0.25, 0.3) is 0 Å². The van der Waals surface area contributed by atoms with E-state index in [9.17, 15) is 0 Å². The molecule has 0 bridgehead atoms. The molecule has 0 aliphatic rings. The van der Waals surface area contributed by atoms with E-state index in [1.165, 1.54) is 0 Å². The Hall–Kier alpha value is -2.21. The van der Waals surface area contributed by atoms with Gasteiger partial charge in [-0.15, -0.1) is 11.3 Å². The number of anilines is 1. The minimum Gasteiger partial charge on any atom is -0.481 e. The van der Waals surface area contributed by atoms with Crippen molar-refractivity contribution in [2.24, 2.45) is 0 Å². The molecule has 0 atom stereocenters. The highest BCUT2D eigenvalue weighted by atomic mass is 32.1. The number of hydrogen-bond donors (Lipinski definition) is 1. The van der Waals surface area contributed by atoms with Gasteiger partial charge in [-0.1, -0.05) is 0 Å². The lowest BCUT2D eigenvalue weighted by molar-refractivity contribution is 0.397. The van der Waals surface area contributed by atoms with Gasteiger partial charge in [0.05, 0.1) is 17.3 Å². The normalized spacial score (nSPS) is 10.6. The second kappa shape index (κ2) is 5.19. The van der Waals surface area contributed by atoms with Gasteiger partial charge in [0, 0.05) is 18.8 Å². The number of nitrogens with zero attached hydrogens (tertiary/aromatic N) is 3. The summed E-state index contributed by atoms with van der Waals surface area (Å²) in [5, 5.41) is 5.33. The molecule has 0 saturated heterocycles. The van der Waals surface area contributed by atoms with Crippen LogP contribution in [0.5, 0.6) is 5.88 Å². The van der Waals surface area contributed by atoms with Crippen LogP contribution in [-0.2, 0) is 6.54 Å². The number of fused-ring (bicyclic) bond motifs is 1. The van der Waals surface area contributed by atoms with E-state index < -0.39 is 0 Å². The molecule has 0 saturated carbocycles. The summed E-state index contributed by atoms with van der Waals surface area (Å²) in [5.41, 5.74) is 2.06. The summed E-state index contributed by atoms with van der Waals surface area (Å²) in [4.78, 5) is 12.6. The third-order valence-electron chi connectivity index (χ3n) is 2.71. The van der Waals surface area contributed by atoms with Gasteiger partial charge >= 0.3 is 0 Å². The van der Waals surface area contributed by atoms with E-state index in [-0.39, 0.29) is 0 Å². The van der Waals surface area contributed by atoms with Crippen molar-refractivity contribution < 1.29 is 4.74 Å². The summed E-state index contributed by atoms with van der Waals surface area (Å²) < 4.78 is 6.17. The van der Waals surface area contributed by atoms with Crippen molar-refractivity contribution in [3.8, 4) is 5.88 Å². The lowest BCUT2D eigenvalue weighted by Gasteiger charge is -2.07. The monoisotopic (exact) mass is 272 g/mol. The van der Waals surface area contributed by atoms with Crippen LogP contribution in [0.2, 0.25) is 0 Å². The van der Waals surface area contributed by atoms with Crippen LogP contribution in [0.4, 0.5) is 5.82 Å². The predicted octanol–water partition coefficient (Wildman–Crippen LogP) is 2.71. The topological polar surface area (TPSA) is 59.9 Å². The van der Waals surface area contributed by atoms with Gasteiger partial charge in [-0.3, -0.25) is 0 Å². The highest BCUT2D eigenvalue weighted by Gasteiger charge is 2.04. The van der Waals surface area contributed by atoms with Crippen LogP contribution in [0.25, 0.3) is 10.2 Å². The Kier molecular flexibility index (Phi) is 3.24. The Morgan fingerprint density at radius 1 is 1.26 bits per heavy atom. The molecule has 96 valence electrons. The quantitative estimate of drug-likeness (QED) is 0.791. The maximum atomic E-state index is 5.10. The van der Waals surface area contributed by atoms with Gasteiger partial charge < -0.3 is 10.1 Å². The van der Waals surface area contributed by atoms with Crippen LogP contribution < -0.4 is 10.1 Å². The molecule has 3 aromatic rings. The summed E-state index contributed by atoms with van der Waals surface area (Å²) in [6.07, 6.45) is 3.31. The van der Waals surface area contributed by atoms with E-state index >= 15 is 0 Å². The van der Waals surface area contributed by atoms with Crippen molar-refractivity contribution in [1.82, 2.24) is 15.0 Å². The number of methoxy groups -OCH3 is 1. The third-order valence-corrected chi connectivity index (χ3v) is 3.62. The Bertz CT molecular complexity index is 698. The second-order valence-electron chi connectivity index (χ2n) is 3.92. The average molecular weight is 272 g/mol. The largest absolute Gasteiger partial charge is 0.481 e. The molecule has 0 aliphatic heterocycles. The second-order valence-corrected chi connectivity index (χ2v) is 4.83. The first-order chi connectivity index (χ1) is 9.36. The molecular weight excluding hydrogens is 260 g/mol. The van der Waals surface area contributed by atoms with Gasteiger partial charge in [-0.25, -0.2) is 15.0 Å². The van der Waals surface area contributed by atoms with E-state index in [0.29, 0.717) is 12.4 Å². The van der Waals surface area contributed by atoms with Crippen molar-refractivity contribution in [2.45, 2.75) is 6.54 Å². The van der Waals surface area contributed by atoms with Crippen molar-refractivity contribution in [3.05, 3.63) is 41.7 Å². The number of hydrogen-bond acceptors (Lipinski definition) is 6. The van der Waals surface area contributed by atoms with Gasteiger partial charge in [-0.05, 0) is 23.1 Å². The smallest absolute Gasteiger partial charge is 0.213 e. The van der Waals surface area contributed by atoms with Crippen LogP contribution in [0.15, 0.2) is 36.1 Å². The Morgan fingerprint density at radius 3 is 3.11 bits per heavy atom. The Balaban J connectivity index is 1.80. The van der Waals surface area contributed by atoms with Gasteiger partial charge in [-0.2, -0.15) is 0 Å². The van der Waals surface area contributed by atoms with Crippen LogP contribution in [0, 0.1) is 0 Å². The van der Waals surface area contributed by atoms with Crippen LogP contribution in [0.1, 0.15) is 5.56 Å². The molecule has 19 heavy (non-hydrogen) atoms. The zero-order valence-electron chi connectivity index (χ0n) is 10.3. The maximum absolute atomic E-state index is 5.10. The summed E-state index contributed by atoms with van der Waals surface area (Å²) in [6.45, 7) is 0.670. The van der Waals surface area contributed by atoms with Crippen molar-refractivity contribution in [1.29, 1.82) is 0 Å². The van der Waals surface area contributed by atoms with Crippen LogP contribution in [-0.4, -0.2) is 22.1 Å². The lowest BCUT2D eigenvalue weighted by atomic mass is 10.2. The number of thiophene rings is 1. The molecule has 3 aromatic heterocycles.